The fraction of sp³-hybridized carbons (Fsp3) is 0.833. The van der Waals surface area contributed by atoms with E-state index in [4.69, 9.17) is 5.90 Å². The van der Waals surface area contributed by atoms with Crippen molar-refractivity contribution in [1.82, 2.24) is 0 Å². The Hall–Kier alpha value is -0.0600. The van der Waals surface area contributed by atoms with Gasteiger partial charge in [-0.15, -0.1) is 0 Å². The summed E-state index contributed by atoms with van der Waals surface area (Å²) in [5.41, 5.74) is 0. The molecule has 0 bridgehead atoms. The lowest BCUT2D eigenvalue weighted by Gasteiger charge is -1.96. The first-order chi connectivity index (χ1) is 4.81. The lowest BCUT2D eigenvalue weighted by molar-refractivity contribution is -0.112. The summed E-state index contributed by atoms with van der Waals surface area (Å²) in [5, 5.41) is 0.160. The van der Waals surface area contributed by atoms with Crippen LogP contribution in [0.25, 0.3) is 0 Å². The van der Waals surface area contributed by atoms with Gasteiger partial charge in [0.05, 0.1) is 6.61 Å². The van der Waals surface area contributed by atoms with E-state index < -0.39 is 0 Å². The minimum Gasteiger partial charge on any atom is -0.304 e. The number of thioether (sulfide) groups is 1. The van der Waals surface area contributed by atoms with E-state index in [1.54, 1.807) is 0 Å². The quantitative estimate of drug-likeness (QED) is 0.613. The Labute approximate surface area is 65.3 Å². The molecule has 0 unspecified atom stereocenters. The van der Waals surface area contributed by atoms with Crippen molar-refractivity contribution in [2.24, 2.45) is 5.90 Å². The number of rotatable bonds is 5. The number of hydrogen-bond donors (Lipinski definition) is 1. The first-order valence-corrected chi connectivity index (χ1v) is 4.27. The molecule has 0 saturated heterocycles. The van der Waals surface area contributed by atoms with Gasteiger partial charge in [0.25, 0.3) is 0 Å². The van der Waals surface area contributed by atoms with Crippen molar-refractivity contribution in [3.63, 3.8) is 0 Å². The van der Waals surface area contributed by atoms with Gasteiger partial charge < -0.3 is 4.84 Å². The maximum absolute atomic E-state index is 10.8. The zero-order valence-corrected chi connectivity index (χ0v) is 6.95. The molecule has 60 valence electrons. The SMILES string of the molecule is CCCSC(=O)CCON. The molecule has 0 aromatic heterocycles. The summed E-state index contributed by atoms with van der Waals surface area (Å²) in [7, 11) is 0. The van der Waals surface area contributed by atoms with Gasteiger partial charge in [0, 0.05) is 12.2 Å². The van der Waals surface area contributed by atoms with Crippen LogP contribution in [0.1, 0.15) is 19.8 Å². The molecule has 0 atom stereocenters. The molecule has 0 fully saturated rings. The van der Waals surface area contributed by atoms with Crippen molar-refractivity contribution in [3.8, 4) is 0 Å². The number of carbonyl (C=O) groups is 1. The molecule has 0 heterocycles. The summed E-state index contributed by atoms with van der Waals surface area (Å²) in [6.45, 7) is 2.37. The average molecular weight is 163 g/mol. The molecule has 0 aliphatic carbocycles. The second-order valence-corrected chi connectivity index (χ2v) is 2.99. The Kier molecular flexibility index (Phi) is 7.01. The predicted molar refractivity (Wildman–Crippen MR) is 42.5 cm³/mol. The van der Waals surface area contributed by atoms with E-state index in [1.807, 2.05) is 6.92 Å². The lowest BCUT2D eigenvalue weighted by Crippen LogP contribution is -2.05. The van der Waals surface area contributed by atoms with Gasteiger partial charge in [0.2, 0.25) is 0 Å². The van der Waals surface area contributed by atoms with Crippen molar-refractivity contribution < 1.29 is 9.63 Å². The Morgan fingerprint density at radius 1 is 1.70 bits per heavy atom. The summed E-state index contributed by atoms with van der Waals surface area (Å²) in [5.74, 6) is 5.64. The maximum Gasteiger partial charge on any atom is 0.191 e. The molecular weight excluding hydrogens is 150 g/mol. The van der Waals surface area contributed by atoms with E-state index >= 15 is 0 Å². The van der Waals surface area contributed by atoms with Crippen LogP contribution in [0.3, 0.4) is 0 Å². The monoisotopic (exact) mass is 163 g/mol. The second-order valence-electron chi connectivity index (χ2n) is 1.84. The molecule has 10 heavy (non-hydrogen) atoms. The van der Waals surface area contributed by atoms with Crippen molar-refractivity contribution >= 4 is 16.9 Å². The molecular formula is C6H13NO2S. The lowest BCUT2D eigenvalue weighted by atomic mass is 10.5. The molecule has 0 amide bonds. The van der Waals surface area contributed by atoms with Gasteiger partial charge in [-0.3, -0.25) is 4.79 Å². The molecule has 0 radical (unpaired) electrons. The van der Waals surface area contributed by atoms with E-state index in [-0.39, 0.29) is 5.12 Å². The summed E-state index contributed by atoms with van der Waals surface area (Å²) in [6.07, 6.45) is 1.45. The number of hydrogen-bond acceptors (Lipinski definition) is 4. The van der Waals surface area contributed by atoms with E-state index in [2.05, 4.69) is 4.84 Å². The maximum atomic E-state index is 10.8. The highest BCUT2D eigenvalue weighted by molar-refractivity contribution is 8.13. The van der Waals surface area contributed by atoms with Crippen LogP contribution in [0.15, 0.2) is 0 Å². The van der Waals surface area contributed by atoms with Gasteiger partial charge in [-0.2, -0.15) is 0 Å². The molecule has 0 aromatic carbocycles. The summed E-state index contributed by atoms with van der Waals surface area (Å²) >= 11 is 1.34. The topological polar surface area (TPSA) is 52.3 Å². The second kappa shape index (κ2) is 7.05. The Morgan fingerprint density at radius 2 is 2.40 bits per heavy atom. The standard InChI is InChI=1S/C6H13NO2S/c1-2-5-10-6(8)3-4-9-7/h2-5,7H2,1H3. The average Bonchev–Trinajstić information content (AvgIpc) is 1.97. The molecule has 0 aliphatic heterocycles. The third kappa shape index (κ3) is 6.07. The first kappa shape index (κ1) is 9.94. The van der Waals surface area contributed by atoms with E-state index in [9.17, 15) is 4.79 Å². The van der Waals surface area contributed by atoms with Crippen LogP contribution in [-0.2, 0) is 9.63 Å². The largest absolute Gasteiger partial charge is 0.304 e. The summed E-state index contributed by atoms with van der Waals surface area (Å²) in [4.78, 5) is 15.0. The minimum absolute atomic E-state index is 0.160. The highest BCUT2D eigenvalue weighted by Gasteiger charge is 1.99. The van der Waals surface area contributed by atoms with Crippen molar-refractivity contribution in [1.29, 1.82) is 0 Å². The van der Waals surface area contributed by atoms with Crippen LogP contribution in [0.2, 0.25) is 0 Å². The van der Waals surface area contributed by atoms with Gasteiger partial charge in [0.15, 0.2) is 5.12 Å². The van der Waals surface area contributed by atoms with Gasteiger partial charge >= 0.3 is 0 Å². The third-order valence-electron chi connectivity index (χ3n) is 0.891. The molecule has 2 N–H and O–H groups in total. The van der Waals surface area contributed by atoms with E-state index in [0.717, 1.165) is 12.2 Å². The van der Waals surface area contributed by atoms with Crippen LogP contribution in [0.5, 0.6) is 0 Å². The number of nitrogens with two attached hydrogens (primary N) is 1. The fourth-order valence-electron chi connectivity index (χ4n) is 0.430. The fourth-order valence-corrected chi connectivity index (χ4v) is 1.09. The van der Waals surface area contributed by atoms with E-state index in [1.165, 1.54) is 11.8 Å². The minimum atomic E-state index is 0.160. The Morgan fingerprint density at radius 3 is 2.90 bits per heavy atom. The molecule has 0 spiro atoms. The Bertz CT molecular complexity index is 87.7. The van der Waals surface area contributed by atoms with Crippen molar-refractivity contribution in [2.45, 2.75) is 19.8 Å². The third-order valence-corrected chi connectivity index (χ3v) is 2.03. The van der Waals surface area contributed by atoms with Crippen molar-refractivity contribution in [3.05, 3.63) is 0 Å². The van der Waals surface area contributed by atoms with Crippen molar-refractivity contribution in [2.75, 3.05) is 12.4 Å². The summed E-state index contributed by atoms with van der Waals surface area (Å²) < 4.78 is 0. The van der Waals surface area contributed by atoms with Gasteiger partial charge in [-0.1, -0.05) is 18.7 Å². The van der Waals surface area contributed by atoms with Gasteiger partial charge in [-0.05, 0) is 6.42 Å². The molecule has 0 aromatic rings. The van der Waals surface area contributed by atoms with Crippen LogP contribution in [-0.4, -0.2) is 17.5 Å². The van der Waals surface area contributed by atoms with Gasteiger partial charge in [0.1, 0.15) is 0 Å². The number of carbonyl (C=O) groups excluding carboxylic acids is 1. The van der Waals surface area contributed by atoms with Crippen LogP contribution < -0.4 is 5.90 Å². The zero-order chi connectivity index (χ0) is 7.82. The van der Waals surface area contributed by atoms with Gasteiger partial charge in [-0.25, -0.2) is 5.90 Å². The molecule has 0 aliphatic rings. The molecule has 0 saturated carbocycles. The van der Waals surface area contributed by atoms with Crippen LogP contribution in [0, 0.1) is 0 Å². The van der Waals surface area contributed by atoms with Crippen LogP contribution in [0.4, 0.5) is 0 Å². The first-order valence-electron chi connectivity index (χ1n) is 3.28. The molecule has 3 nitrogen and oxygen atoms in total. The molecule has 0 rings (SSSR count). The zero-order valence-electron chi connectivity index (χ0n) is 6.13. The summed E-state index contributed by atoms with van der Waals surface area (Å²) in [6, 6.07) is 0. The van der Waals surface area contributed by atoms with E-state index in [0.29, 0.717) is 13.0 Å². The molecule has 4 heteroatoms. The smallest absolute Gasteiger partial charge is 0.191 e. The predicted octanol–water partition coefficient (Wildman–Crippen LogP) is 0.937. The normalized spacial score (nSPS) is 9.80. The van der Waals surface area contributed by atoms with Crippen LogP contribution >= 0.6 is 11.8 Å². The highest BCUT2D eigenvalue weighted by Crippen LogP contribution is 2.05. The highest BCUT2D eigenvalue weighted by atomic mass is 32.2. The Balaban J connectivity index is 3.09.